The van der Waals surface area contributed by atoms with Crippen molar-refractivity contribution in [2.45, 2.75) is 27.0 Å². The van der Waals surface area contributed by atoms with E-state index in [1.165, 1.54) is 16.2 Å². The highest BCUT2D eigenvalue weighted by Gasteiger charge is 2.24. The van der Waals surface area contributed by atoms with Gasteiger partial charge in [-0.25, -0.2) is 4.98 Å². The van der Waals surface area contributed by atoms with Crippen molar-refractivity contribution in [3.8, 4) is 5.88 Å². The lowest BCUT2D eigenvalue weighted by Gasteiger charge is -2.19. The zero-order chi connectivity index (χ0) is 18.7. The van der Waals surface area contributed by atoms with Gasteiger partial charge in [0, 0.05) is 18.5 Å². The third kappa shape index (κ3) is 3.58. The molecule has 0 saturated carbocycles. The average molecular weight is 392 g/mol. The summed E-state index contributed by atoms with van der Waals surface area (Å²) in [5.74, 6) is 1.04. The maximum absolute atomic E-state index is 13.1. The molecule has 1 amide bonds. The number of carbonyl (C=O) groups excluding carboxylic acids is 1. The van der Waals surface area contributed by atoms with Gasteiger partial charge in [0.25, 0.3) is 5.91 Å². The van der Waals surface area contributed by atoms with E-state index in [-0.39, 0.29) is 5.91 Å². The minimum atomic E-state index is 0.0109. The highest BCUT2D eigenvalue weighted by molar-refractivity contribution is 7.20. The largest absolute Gasteiger partial charge is 0.480 e. The first-order valence-electron chi connectivity index (χ1n) is 8.23. The lowest BCUT2D eigenvalue weighted by Crippen LogP contribution is -2.29. The Kier molecular flexibility index (Phi) is 5.85. The Labute approximate surface area is 160 Å². The first kappa shape index (κ1) is 18.8. The Balaban J connectivity index is 2.00. The molecule has 138 valence electrons. The van der Waals surface area contributed by atoms with Crippen molar-refractivity contribution in [2.75, 3.05) is 20.8 Å². The Morgan fingerprint density at radius 1 is 1.31 bits per heavy atom. The van der Waals surface area contributed by atoms with Gasteiger partial charge >= 0.3 is 0 Å². The summed E-state index contributed by atoms with van der Waals surface area (Å²) < 4.78 is 10.6. The molecule has 3 rings (SSSR count). The van der Waals surface area contributed by atoms with Gasteiger partial charge in [-0.1, -0.05) is 6.07 Å². The number of ether oxygens (including phenoxy) is 2. The van der Waals surface area contributed by atoms with Gasteiger partial charge < -0.3 is 14.4 Å². The van der Waals surface area contributed by atoms with E-state index in [4.69, 9.17) is 9.47 Å². The molecule has 0 bridgehead atoms. The van der Waals surface area contributed by atoms with Crippen molar-refractivity contribution in [1.29, 1.82) is 0 Å². The number of fused-ring (bicyclic) bond motifs is 1. The van der Waals surface area contributed by atoms with E-state index in [1.54, 1.807) is 25.6 Å². The molecule has 0 aliphatic rings. The molecule has 0 fully saturated rings. The molecule has 8 heteroatoms. The molecule has 0 aliphatic heterocycles. The fourth-order valence-corrected chi connectivity index (χ4v) is 4.63. The molecule has 0 aliphatic carbocycles. The van der Waals surface area contributed by atoms with Crippen molar-refractivity contribution in [3.05, 3.63) is 38.7 Å². The lowest BCUT2D eigenvalue weighted by atomic mass is 10.2. The number of hydrogen-bond acceptors (Lipinski definition) is 7. The van der Waals surface area contributed by atoms with E-state index in [1.807, 2.05) is 36.3 Å². The summed E-state index contributed by atoms with van der Waals surface area (Å²) in [4.78, 5) is 26.5. The van der Waals surface area contributed by atoms with E-state index in [0.29, 0.717) is 36.3 Å². The van der Waals surface area contributed by atoms with Crippen LogP contribution in [0.25, 0.3) is 10.2 Å². The number of thiophene rings is 2. The number of nitrogens with zero attached hydrogens (tertiary/aromatic N) is 3. The summed E-state index contributed by atoms with van der Waals surface area (Å²) in [5, 5.41) is 2.82. The average Bonchev–Trinajstić information content (AvgIpc) is 3.27. The standard InChI is InChI=1S/C18H21N3O3S2/c1-5-21(9-12-7-6-8-25-12)18(22)15-11(2)14-16(24-4)19-13(10-23-3)20-17(14)26-15/h6-8H,5,9-10H2,1-4H3. The molecule has 0 unspecified atom stereocenters. The summed E-state index contributed by atoms with van der Waals surface area (Å²) in [6.45, 7) is 5.46. The number of hydrogen-bond donors (Lipinski definition) is 0. The van der Waals surface area contributed by atoms with E-state index in [0.717, 1.165) is 15.8 Å². The van der Waals surface area contributed by atoms with Gasteiger partial charge in [0.1, 0.15) is 11.4 Å². The maximum atomic E-state index is 13.1. The van der Waals surface area contributed by atoms with Crippen LogP contribution in [0.3, 0.4) is 0 Å². The van der Waals surface area contributed by atoms with Crippen molar-refractivity contribution in [2.24, 2.45) is 0 Å². The van der Waals surface area contributed by atoms with Gasteiger partial charge in [0.2, 0.25) is 5.88 Å². The van der Waals surface area contributed by atoms with Crippen molar-refractivity contribution < 1.29 is 14.3 Å². The molecule has 0 aromatic carbocycles. The van der Waals surface area contributed by atoms with Crippen LogP contribution in [0.2, 0.25) is 0 Å². The SMILES string of the molecule is CCN(Cc1cccs1)C(=O)c1sc2nc(COC)nc(OC)c2c1C. The Hall–Kier alpha value is -2.03. The predicted octanol–water partition coefficient (Wildman–Crippen LogP) is 3.88. The van der Waals surface area contributed by atoms with Crippen LogP contribution in [-0.2, 0) is 17.9 Å². The normalized spacial score (nSPS) is 11.1. The van der Waals surface area contributed by atoms with Gasteiger partial charge in [0.05, 0.1) is 23.9 Å². The molecular weight excluding hydrogens is 370 g/mol. The smallest absolute Gasteiger partial charge is 0.264 e. The number of aryl methyl sites for hydroxylation is 1. The van der Waals surface area contributed by atoms with Gasteiger partial charge in [-0.3, -0.25) is 4.79 Å². The Morgan fingerprint density at radius 3 is 2.73 bits per heavy atom. The second-order valence-electron chi connectivity index (χ2n) is 5.72. The van der Waals surface area contributed by atoms with Crippen LogP contribution >= 0.6 is 22.7 Å². The zero-order valence-corrected chi connectivity index (χ0v) is 16.9. The molecule has 3 aromatic rings. The van der Waals surface area contributed by atoms with Gasteiger partial charge in [-0.15, -0.1) is 22.7 Å². The minimum Gasteiger partial charge on any atom is -0.480 e. The van der Waals surface area contributed by atoms with Gasteiger partial charge in [-0.05, 0) is 30.9 Å². The first-order chi connectivity index (χ1) is 12.6. The van der Waals surface area contributed by atoms with E-state index in [2.05, 4.69) is 9.97 Å². The predicted molar refractivity (Wildman–Crippen MR) is 104 cm³/mol. The van der Waals surface area contributed by atoms with Crippen LogP contribution in [0.1, 0.15) is 32.9 Å². The van der Waals surface area contributed by atoms with Crippen LogP contribution in [0, 0.1) is 6.92 Å². The molecular formula is C18H21N3O3S2. The second kappa shape index (κ2) is 8.11. The van der Waals surface area contributed by atoms with Crippen LogP contribution < -0.4 is 4.74 Å². The number of aromatic nitrogens is 2. The third-order valence-electron chi connectivity index (χ3n) is 4.06. The quantitative estimate of drug-likeness (QED) is 0.612. The molecule has 0 saturated heterocycles. The second-order valence-corrected chi connectivity index (χ2v) is 7.75. The molecule has 6 nitrogen and oxygen atoms in total. The fraction of sp³-hybridized carbons (Fsp3) is 0.389. The highest BCUT2D eigenvalue weighted by atomic mass is 32.1. The van der Waals surface area contributed by atoms with Crippen molar-refractivity contribution in [3.63, 3.8) is 0 Å². The topological polar surface area (TPSA) is 64.6 Å². The fourth-order valence-electron chi connectivity index (χ4n) is 2.75. The minimum absolute atomic E-state index is 0.0109. The first-order valence-corrected chi connectivity index (χ1v) is 9.93. The summed E-state index contributed by atoms with van der Waals surface area (Å²) >= 11 is 3.04. The van der Waals surface area contributed by atoms with Crippen LogP contribution in [0.5, 0.6) is 5.88 Å². The van der Waals surface area contributed by atoms with Gasteiger partial charge in [-0.2, -0.15) is 4.98 Å². The molecule has 3 aromatic heterocycles. The Morgan fingerprint density at radius 2 is 2.12 bits per heavy atom. The lowest BCUT2D eigenvalue weighted by molar-refractivity contribution is 0.0758. The monoisotopic (exact) mass is 391 g/mol. The number of rotatable bonds is 7. The molecule has 0 radical (unpaired) electrons. The van der Waals surface area contributed by atoms with E-state index >= 15 is 0 Å². The van der Waals surface area contributed by atoms with Crippen molar-refractivity contribution in [1.82, 2.24) is 14.9 Å². The molecule has 0 spiro atoms. The number of carbonyl (C=O) groups is 1. The molecule has 3 heterocycles. The summed E-state index contributed by atoms with van der Waals surface area (Å²) in [7, 11) is 3.17. The summed E-state index contributed by atoms with van der Waals surface area (Å²) in [6, 6.07) is 4.05. The zero-order valence-electron chi connectivity index (χ0n) is 15.2. The highest BCUT2D eigenvalue weighted by Crippen LogP contribution is 2.36. The van der Waals surface area contributed by atoms with Crippen LogP contribution in [0.4, 0.5) is 0 Å². The van der Waals surface area contributed by atoms with E-state index in [9.17, 15) is 4.79 Å². The molecule has 0 atom stereocenters. The van der Waals surface area contributed by atoms with Crippen LogP contribution in [-0.4, -0.2) is 41.5 Å². The number of amides is 1. The van der Waals surface area contributed by atoms with Crippen molar-refractivity contribution >= 4 is 38.8 Å². The molecule has 26 heavy (non-hydrogen) atoms. The maximum Gasteiger partial charge on any atom is 0.264 e. The molecule has 0 N–H and O–H groups in total. The number of methoxy groups -OCH3 is 2. The third-order valence-corrected chi connectivity index (χ3v) is 6.09. The summed E-state index contributed by atoms with van der Waals surface area (Å²) in [6.07, 6.45) is 0. The Bertz CT molecular complexity index is 906. The van der Waals surface area contributed by atoms with E-state index < -0.39 is 0 Å². The summed E-state index contributed by atoms with van der Waals surface area (Å²) in [5.41, 5.74) is 0.862. The van der Waals surface area contributed by atoms with Gasteiger partial charge in [0.15, 0.2) is 5.82 Å². The van der Waals surface area contributed by atoms with Crippen LogP contribution in [0.15, 0.2) is 17.5 Å².